The highest BCUT2D eigenvalue weighted by molar-refractivity contribution is 7.89. The van der Waals surface area contributed by atoms with Gasteiger partial charge in [-0.25, -0.2) is 8.42 Å². The molecule has 35 heavy (non-hydrogen) atoms. The summed E-state index contributed by atoms with van der Waals surface area (Å²) in [6.07, 6.45) is 2.88. The summed E-state index contributed by atoms with van der Waals surface area (Å²) in [5, 5.41) is 6.51. The van der Waals surface area contributed by atoms with Crippen LogP contribution in [0.25, 0.3) is 11.5 Å². The van der Waals surface area contributed by atoms with E-state index in [1.807, 2.05) is 29.2 Å². The average Bonchev–Trinajstić information content (AvgIpc) is 3.61. The Morgan fingerprint density at radius 1 is 1.11 bits per heavy atom. The number of methoxy groups -OCH3 is 1. The van der Waals surface area contributed by atoms with Crippen LogP contribution < -0.4 is 9.64 Å². The predicted octanol–water partition coefficient (Wildman–Crippen LogP) is 2.43. The predicted molar refractivity (Wildman–Crippen MR) is 130 cm³/mol. The quantitative estimate of drug-likeness (QED) is 0.554. The maximum absolute atomic E-state index is 13.3. The molecular formula is C24H29N5O5S. The lowest BCUT2D eigenvalue weighted by atomic mass is 9.97. The van der Waals surface area contributed by atoms with Gasteiger partial charge in [0.25, 0.3) is 10.0 Å². The lowest BCUT2D eigenvalue weighted by molar-refractivity contribution is -0.137. The van der Waals surface area contributed by atoms with Gasteiger partial charge in [-0.1, -0.05) is 6.07 Å². The number of nitrogens with zero attached hydrogens (tertiary/aromatic N) is 4. The molecule has 2 aromatic heterocycles. The SMILES string of the molecule is COc1cccc(N2CCN(C(=O)C3CCCN(S(=O)(=O)c4ccc(-c5ccn[nH]5)o4)C3)CC2)c1. The van der Waals surface area contributed by atoms with Crippen LogP contribution >= 0.6 is 0 Å². The Kier molecular flexibility index (Phi) is 6.52. The maximum atomic E-state index is 13.3. The van der Waals surface area contributed by atoms with Crippen molar-refractivity contribution in [2.24, 2.45) is 5.92 Å². The lowest BCUT2D eigenvalue weighted by Gasteiger charge is -2.39. The Morgan fingerprint density at radius 3 is 2.69 bits per heavy atom. The summed E-state index contributed by atoms with van der Waals surface area (Å²) in [5.74, 6) is 0.870. The van der Waals surface area contributed by atoms with E-state index < -0.39 is 10.0 Å². The molecule has 1 unspecified atom stereocenters. The molecule has 1 N–H and O–H groups in total. The molecule has 2 aliphatic rings. The van der Waals surface area contributed by atoms with Gasteiger partial charge >= 0.3 is 0 Å². The molecule has 186 valence electrons. The fourth-order valence-electron chi connectivity index (χ4n) is 4.74. The van der Waals surface area contributed by atoms with E-state index in [0.717, 1.165) is 24.5 Å². The van der Waals surface area contributed by atoms with E-state index in [0.29, 0.717) is 43.9 Å². The smallest absolute Gasteiger partial charge is 0.276 e. The number of carbonyl (C=O) groups excluding carboxylic acids is 1. The molecule has 2 fully saturated rings. The van der Waals surface area contributed by atoms with Crippen LogP contribution in [0.2, 0.25) is 0 Å². The van der Waals surface area contributed by atoms with Crippen LogP contribution in [0, 0.1) is 5.92 Å². The number of piperidine rings is 1. The number of rotatable bonds is 6. The van der Waals surface area contributed by atoms with E-state index in [4.69, 9.17) is 9.15 Å². The molecule has 1 amide bonds. The first-order chi connectivity index (χ1) is 17.0. The van der Waals surface area contributed by atoms with Gasteiger partial charge in [0.2, 0.25) is 11.0 Å². The molecule has 5 rings (SSSR count). The summed E-state index contributed by atoms with van der Waals surface area (Å²) in [6, 6.07) is 12.7. The van der Waals surface area contributed by atoms with Crippen molar-refractivity contribution in [1.82, 2.24) is 19.4 Å². The summed E-state index contributed by atoms with van der Waals surface area (Å²) < 4.78 is 38.8. The number of hydrogen-bond donors (Lipinski definition) is 1. The van der Waals surface area contributed by atoms with Crippen molar-refractivity contribution in [3.05, 3.63) is 48.7 Å². The van der Waals surface area contributed by atoms with E-state index in [9.17, 15) is 13.2 Å². The van der Waals surface area contributed by atoms with Gasteiger partial charge in [0.15, 0.2) is 5.76 Å². The number of nitrogens with one attached hydrogen (secondary N) is 1. The van der Waals surface area contributed by atoms with Crippen molar-refractivity contribution < 1.29 is 22.4 Å². The number of carbonyl (C=O) groups is 1. The van der Waals surface area contributed by atoms with Crippen molar-refractivity contribution in [3.8, 4) is 17.2 Å². The standard InChI is InChI=1S/C24H29N5O5S/c1-33-20-6-2-5-19(16-20)27-12-14-28(15-13-27)24(30)18-4-3-11-29(17-18)35(31,32)23-8-7-22(34-23)21-9-10-25-26-21/h2,5-10,16,18H,3-4,11-15,17H2,1H3,(H,25,26). The van der Waals surface area contributed by atoms with Gasteiger partial charge in [-0.05, 0) is 43.2 Å². The van der Waals surface area contributed by atoms with Crippen LogP contribution in [0.15, 0.2) is 58.2 Å². The largest absolute Gasteiger partial charge is 0.497 e. The molecule has 10 nitrogen and oxygen atoms in total. The second-order valence-electron chi connectivity index (χ2n) is 8.81. The van der Waals surface area contributed by atoms with E-state index in [1.54, 1.807) is 25.4 Å². The fourth-order valence-corrected chi connectivity index (χ4v) is 6.17. The molecule has 1 aromatic carbocycles. The first-order valence-electron chi connectivity index (χ1n) is 11.7. The van der Waals surface area contributed by atoms with Crippen LogP contribution in [0.1, 0.15) is 12.8 Å². The third-order valence-electron chi connectivity index (χ3n) is 6.68. The fraction of sp³-hybridized carbons (Fsp3) is 0.417. The van der Waals surface area contributed by atoms with Gasteiger partial charge in [-0.15, -0.1) is 0 Å². The van der Waals surface area contributed by atoms with Crippen molar-refractivity contribution in [2.45, 2.75) is 17.9 Å². The molecule has 2 aliphatic heterocycles. The van der Waals surface area contributed by atoms with Crippen LogP contribution in [0.3, 0.4) is 0 Å². The van der Waals surface area contributed by atoms with Gasteiger partial charge in [0.1, 0.15) is 11.4 Å². The molecule has 11 heteroatoms. The number of ether oxygens (including phenoxy) is 1. The van der Waals surface area contributed by atoms with E-state index >= 15 is 0 Å². The summed E-state index contributed by atoms with van der Waals surface area (Å²) in [5.41, 5.74) is 1.67. The number of hydrogen-bond acceptors (Lipinski definition) is 7. The zero-order valence-corrected chi connectivity index (χ0v) is 20.4. The number of H-pyrrole nitrogens is 1. The number of anilines is 1. The summed E-state index contributed by atoms with van der Waals surface area (Å²) in [7, 11) is -2.19. The van der Waals surface area contributed by atoms with Gasteiger partial charge in [0, 0.05) is 57.2 Å². The highest BCUT2D eigenvalue weighted by atomic mass is 32.2. The number of furan rings is 1. The first kappa shape index (κ1) is 23.4. The Hall–Kier alpha value is -3.31. The van der Waals surface area contributed by atoms with Crippen molar-refractivity contribution in [2.75, 3.05) is 51.3 Å². The first-order valence-corrected chi connectivity index (χ1v) is 13.2. The lowest BCUT2D eigenvalue weighted by Crippen LogP contribution is -2.53. The average molecular weight is 500 g/mol. The second kappa shape index (κ2) is 9.74. The Bertz CT molecular complexity index is 1260. The summed E-state index contributed by atoms with van der Waals surface area (Å²) in [6.45, 7) is 3.18. The monoisotopic (exact) mass is 499 g/mol. The molecular weight excluding hydrogens is 470 g/mol. The normalized spacial score (nSPS) is 19.6. The number of piperazine rings is 1. The van der Waals surface area contributed by atoms with Crippen LogP contribution in [0.4, 0.5) is 5.69 Å². The molecule has 3 aromatic rings. The highest BCUT2D eigenvalue weighted by Gasteiger charge is 2.37. The number of benzene rings is 1. The van der Waals surface area contributed by atoms with Crippen LogP contribution in [-0.2, 0) is 14.8 Å². The minimum atomic E-state index is -3.84. The summed E-state index contributed by atoms with van der Waals surface area (Å²) >= 11 is 0. The van der Waals surface area contributed by atoms with E-state index in [2.05, 4.69) is 15.1 Å². The minimum absolute atomic E-state index is 0.0211. The molecule has 4 heterocycles. The van der Waals surface area contributed by atoms with E-state index in [-0.39, 0.29) is 23.5 Å². The number of amides is 1. The molecule has 0 aliphatic carbocycles. The zero-order chi connectivity index (χ0) is 24.4. The van der Waals surface area contributed by atoms with Gasteiger partial charge in [-0.2, -0.15) is 9.40 Å². The van der Waals surface area contributed by atoms with Gasteiger partial charge in [-0.3, -0.25) is 9.89 Å². The topological polar surface area (TPSA) is 112 Å². The van der Waals surface area contributed by atoms with Crippen LogP contribution in [-0.4, -0.2) is 80.1 Å². The molecule has 0 spiro atoms. The third kappa shape index (κ3) is 4.78. The van der Waals surface area contributed by atoms with Crippen molar-refractivity contribution in [1.29, 1.82) is 0 Å². The number of sulfonamides is 1. The van der Waals surface area contributed by atoms with Gasteiger partial charge < -0.3 is 19.0 Å². The Labute approximate surface area is 204 Å². The highest BCUT2D eigenvalue weighted by Crippen LogP contribution is 2.29. The molecule has 1 atom stereocenters. The third-order valence-corrected chi connectivity index (χ3v) is 8.42. The Balaban J connectivity index is 1.21. The van der Waals surface area contributed by atoms with Crippen LogP contribution in [0.5, 0.6) is 5.75 Å². The van der Waals surface area contributed by atoms with Crippen molar-refractivity contribution >= 4 is 21.6 Å². The molecule has 0 radical (unpaired) electrons. The number of aromatic amines is 1. The molecule has 2 saturated heterocycles. The Morgan fingerprint density at radius 2 is 1.94 bits per heavy atom. The van der Waals surface area contributed by atoms with Gasteiger partial charge in [0.05, 0.1) is 13.0 Å². The minimum Gasteiger partial charge on any atom is -0.497 e. The number of aromatic nitrogens is 2. The second-order valence-corrected chi connectivity index (χ2v) is 10.7. The van der Waals surface area contributed by atoms with Crippen molar-refractivity contribution in [3.63, 3.8) is 0 Å². The zero-order valence-electron chi connectivity index (χ0n) is 19.6. The maximum Gasteiger partial charge on any atom is 0.276 e. The molecule has 0 bridgehead atoms. The summed E-state index contributed by atoms with van der Waals surface area (Å²) in [4.78, 5) is 17.4. The van der Waals surface area contributed by atoms with E-state index in [1.165, 1.54) is 10.4 Å². The molecule has 0 saturated carbocycles.